The van der Waals surface area contributed by atoms with Crippen molar-refractivity contribution in [1.29, 1.82) is 0 Å². The van der Waals surface area contributed by atoms with Crippen LogP contribution in [0.3, 0.4) is 0 Å². The largest absolute Gasteiger partial charge is 0.351 e. The van der Waals surface area contributed by atoms with E-state index in [2.05, 4.69) is 21.4 Å². The minimum absolute atomic E-state index is 0.00854. The van der Waals surface area contributed by atoms with Crippen LogP contribution in [0.1, 0.15) is 48.8 Å². The maximum Gasteiger partial charge on any atom is 0.259 e. The molecule has 3 aromatic heterocycles. The van der Waals surface area contributed by atoms with Crippen molar-refractivity contribution in [1.82, 2.24) is 24.1 Å². The van der Waals surface area contributed by atoms with Crippen LogP contribution in [0, 0.1) is 0 Å². The number of nitrogens with zero attached hydrogens (tertiary/aromatic N) is 5. The van der Waals surface area contributed by atoms with Crippen LogP contribution >= 0.6 is 0 Å². The van der Waals surface area contributed by atoms with E-state index in [4.69, 9.17) is 4.98 Å². The van der Waals surface area contributed by atoms with Crippen molar-refractivity contribution in [2.45, 2.75) is 59.0 Å². The molecule has 1 aromatic carbocycles. The molecule has 1 aliphatic rings. The second kappa shape index (κ2) is 9.26. The Hall–Kier alpha value is -3.52. The first kappa shape index (κ1) is 23.2. The summed E-state index contributed by atoms with van der Waals surface area (Å²) in [7, 11) is 0. The second-order valence-corrected chi connectivity index (χ2v) is 9.60. The first-order valence-electron chi connectivity index (χ1n) is 12.1. The topological polar surface area (TPSA) is 67.5 Å². The van der Waals surface area contributed by atoms with Crippen LogP contribution in [0.5, 0.6) is 0 Å². The van der Waals surface area contributed by atoms with Crippen molar-refractivity contribution < 1.29 is 4.39 Å². The number of fused-ring (bicyclic) bond motifs is 2. The number of aromatic nitrogens is 4. The normalized spacial score (nSPS) is 14.3. The highest BCUT2D eigenvalue weighted by molar-refractivity contribution is 5.47. The van der Waals surface area contributed by atoms with Gasteiger partial charge in [0.1, 0.15) is 5.67 Å². The average Bonchev–Trinajstić information content (AvgIpc) is 3.25. The van der Waals surface area contributed by atoms with Crippen LogP contribution < -0.4 is 10.9 Å². The lowest BCUT2D eigenvalue weighted by Gasteiger charge is -2.28. The van der Waals surface area contributed by atoms with Gasteiger partial charge in [0.2, 0.25) is 5.95 Å². The summed E-state index contributed by atoms with van der Waals surface area (Å²) in [5.74, 6) is 0.583. The molecule has 0 aliphatic carbocycles. The summed E-state index contributed by atoms with van der Waals surface area (Å²) in [5, 5.41) is 7.98. The van der Waals surface area contributed by atoms with Gasteiger partial charge in [-0.05, 0) is 50.1 Å². The number of alkyl halides is 1. The summed E-state index contributed by atoms with van der Waals surface area (Å²) < 4.78 is 17.7. The van der Waals surface area contributed by atoms with Crippen molar-refractivity contribution in [2.75, 3.05) is 11.9 Å². The molecule has 4 aromatic rings. The quantitative estimate of drug-likeness (QED) is 0.433. The van der Waals surface area contributed by atoms with Gasteiger partial charge < -0.3 is 5.32 Å². The lowest BCUT2D eigenvalue weighted by atomic mass is 9.99. The number of halogens is 1. The van der Waals surface area contributed by atoms with Gasteiger partial charge in [0.15, 0.2) is 0 Å². The zero-order chi connectivity index (χ0) is 24.6. The van der Waals surface area contributed by atoms with Crippen LogP contribution in [-0.2, 0) is 38.3 Å². The SMILES string of the molecule is CCn1c(NCc2ccc(C(C)(C)F)cc2)nc2c(c1=O)CN(Cc1cc3ccccn3n1)CC2. The Bertz CT molecular complexity index is 1370. The fourth-order valence-corrected chi connectivity index (χ4v) is 4.63. The lowest BCUT2D eigenvalue weighted by molar-refractivity contribution is 0.221. The minimum atomic E-state index is -1.37. The molecule has 5 rings (SSSR count). The van der Waals surface area contributed by atoms with Gasteiger partial charge in [-0.15, -0.1) is 0 Å². The number of benzene rings is 1. The van der Waals surface area contributed by atoms with Gasteiger partial charge in [0, 0.05) is 45.3 Å². The van der Waals surface area contributed by atoms with E-state index in [1.807, 2.05) is 60.1 Å². The molecule has 0 bridgehead atoms. The summed E-state index contributed by atoms with van der Waals surface area (Å²) >= 11 is 0. The predicted molar refractivity (Wildman–Crippen MR) is 135 cm³/mol. The zero-order valence-corrected chi connectivity index (χ0v) is 20.5. The third kappa shape index (κ3) is 4.84. The number of hydrogen-bond donors (Lipinski definition) is 1. The Balaban J connectivity index is 1.32. The molecule has 0 radical (unpaired) electrons. The van der Waals surface area contributed by atoms with Gasteiger partial charge in [-0.3, -0.25) is 14.3 Å². The highest BCUT2D eigenvalue weighted by Gasteiger charge is 2.24. The molecule has 7 nitrogen and oxygen atoms in total. The number of rotatable bonds is 7. The Kier molecular flexibility index (Phi) is 6.15. The third-order valence-corrected chi connectivity index (χ3v) is 6.61. The van der Waals surface area contributed by atoms with Gasteiger partial charge in [-0.2, -0.15) is 5.10 Å². The van der Waals surface area contributed by atoms with E-state index in [0.717, 1.165) is 41.0 Å². The molecule has 0 atom stereocenters. The van der Waals surface area contributed by atoms with Crippen LogP contribution in [0.15, 0.2) is 59.5 Å². The highest BCUT2D eigenvalue weighted by atomic mass is 19.1. The molecule has 0 spiro atoms. The average molecular weight is 475 g/mol. The smallest absolute Gasteiger partial charge is 0.259 e. The standard InChI is InChI=1S/C27H31FN6O/c1-4-33-25(35)23-18-32(17-21-15-22-7-5-6-13-34(22)31-21)14-12-24(23)30-26(33)29-16-19-8-10-20(11-9-19)27(2,3)28/h5-11,13,15H,4,12,14,16-18H2,1-3H3,(H,29,30). The van der Waals surface area contributed by atoms with E-state index in [1.165, 1.54) is 0 Å². The molecule has 0 unspecified atom stereocenters. The summed E-state index contributed by atoms with van der Waals surface area (Å²) in [6.07, 6.45) is 2.66. The summed E-state index contributed by atoms with van der Waals surface area (Å²) in [6.45, 7) is 8.18. The summed E-state index contributed by atoms with van der Waals surface area (Å²) in [5.41, 5.74) is 3.98. The first-order valence-corrected chi connectivity index (χ1v) is 12.1. The molecule has 0 saturated carbocycles. The van der Waals surface area contributed by atoms with E-state index in [9.17, 15) is 9.18 Å². The van der Waals surface area contributed by atoms with Crippen molar-refractivity contribution >= 4 is 11.5 Å². The lowest BCUT2D eigenvalue weighted by Crippen LogP contribution is -2.38. The van der Waals surface area contributed by atoms with Crippen molar-refractivity contribution in [3.8, 4) is 0 Å². The Morgan fingerprint density at radius 2 is 1.94 bits per heavy atom. The van der Waals surface area contributed by atoms with Crippen molar-refractivity contribution in [3.05, 3.63) is 93.2 Å². The van der Waals surface area contributed by atoms with E-state index in [1.54, 1.807) is 18.4 Å². The van der Waals surface area contributed by atoms with Gasteiger partial charge in [0.05, 0.1) is 22.5 Å². The van der Waals surface area contributed by atoms with E-state index < -0.39 is 5.67 Å². The molecule has 0 amide bonds. The number of pyridine rings is 1. The maximum atomic E-state index is 14.1. The van der Waals surface area contributed by atoms with Crippen molar-refractivity contribution in [3.63, 3.8) is 0 Å². The minimum Gasteiger partial charge on any atom is -0.351 e. The zero-order valence-electron chi connectivity index (χ0n) is 20.5. The molecule has 0 saturated heterocycles. The highest BCUT2D eigenvalue weighted by Crippen LogP contribution is 2.25. The molecule has 1 aliphatic heterocycles. The van der Waals surface area contributed by atoms with Crippen LogP contribution in [0.4, 0.5) is 10.3 Å². The third-order valence-electron chi connectivity index (χ3n) is 6.61. The second-order valence-electron chi connectivity index (χ2n) is 9.60. The fraction of sp³-hybridized carbons (Fsp3) is 0.370. The fourth-order valence-electron chi connectivity index (χ4n) is 4.63. The van der Waals surface area contributed by atoms with Gasteiger partial charge in [0.25, 0.3) is 5.56 Å². The number of hydrogen-bond acceptors (Lipinski definition) is 5. The van der Waals surface area contributed by atoms with Crippen molar-refractivity contribution in [2.24, 2.45) is 0 Å². The molecule has 0 fully saturated rings. The first-order chi connectivity index (χ1) is 16.8. The molecular weight excluding hydrogens is 443 g/mol. The van der Waals surface area contributed by atoms with Gasteiger partial charge >= 0.3 is 0 Å². The Morgan fingerprint density at radius 1 is 1.14 bits per heavy atom. The maximum absolute atomic E-state index is 14.1. The van der Waals surface area contributed by atoms with Crippen LogP contribution in [0.25, 0.3) is 5.52 Å². The molecular formula is C27H31FN6O. The molecule has 35 heavy (non-hydrogen) atoms. The molecule has 1 N–H and O–H groups in total. The summed E-state index contributed by atoms with van der Waals surface area (Å²) in [4.78, 5) is 20.5. The molecule has 8 heteroatoms. The van der Waals surface area contributed by atoms with Gasteiger partial charge in [-0.25, -0.2) is 13.9 Å². The van der Waals surface area contributed by atoms with Gasteiger partial charge in [-0.1, -0.05) is 30.3 Å². The molecule has 182 valence electrons. The Morgan fingerprint density at radius 3 is 2.66 bits per heavy atom. The monoisotopic (exact) mass is 474 g/mol. The van der Waals surface area contributed by atoms with E-state index in [-0.39, 0.29) is 5.56 Å². The van der Waals surface area contributed by atoms with E-state index in [0.29, 0.717) is 37.7 Å². The van der Waals surface area contributed by atoms with Crippen LogP contribution in [0.2, 0.25) is 0 Å². The van der Waals surface area contributed by atoms with E-state index >= 15 is 0 Å². The predicted octanol–water partition coefficient (Wildman–Crippen LogP) is 4.29. The number of anilines is 1. The molecule has 4 heterocycles. The van der Waals surface area contributed by atoms with Crippen LogP contribution in [-0.4, -0.2) is 30.6 Å². The Labute approximate surface area is 204 Å². The summed E-state index contributed by atoms with van der Waals surface area (Å²) in [6, 6.07) is 15.5. The number of nitrogens with one attached hydrogen (secondary N) is 1.